The molecule has 0 aliphatic heterocycles. The molecule has 0 saturated heterocycles. The molecule has 0 radical (unpaired) electrons. The first-order chi connectivity index (χ1) is 10.0. The summed E-state index contributed by atoms with van der Waals surface area (Å²) >= 11 is 0. The van der Waals surface area contributed by atoms with Crippen molar-refractivity contribution in [2.45, 2.75) is 38.0 Å². The molecule has 0 aromatic heterocycles. The summed E-state index contributed by atoms with van der Waals surface area (Å²) in [5.41, 5.74) is 0.322. The van der Waals surface area contributed by atoms with Crippen LogP contribution in [0.2, 0.25) is 0 Å². The number of amides is 2. The lowest BCUT2D eigenvalue weighted by Gasteiger charge is -2.28. The zero-order valence-electron chi connectivity index (χ0n) is 12.2. The highest BCUT2D eigenvalue weighted by Gasteiger charge is 2.42. The minimum Gasteiger partial charge on any atom is -0.355 e. The van der Waals surface area contributed by atoms with E-state index in [0.717, 1.165) is 31.2 Å². The molecular formula is C16H21FN2O2. The van der Waals surface area contributed by atoms with Gasteiger partial charge in [0.05, 0.1) is 5.41 Å². The van der Waals surface area contributed by atoms with Gasteiger partial charge in [-0.15, -0.1) is 0 Å². The van der Waals surface area contributed by atoms with Gasteiger partial charge in [0.1, 0.15) is 5.82 Å². The predicted octanol–water partition coefficient (Wildman–Crippen LogP) is 1.89. The van der Waals surface area contributed by atoms with Gasteiger partial charge in [0.2, 0.25) is 11.8 Å². The molecule has 2 rings (SSSR count). The molecule has 0 atom stereocenters. The molecule has 114 valence electrons. The van der Waals surface area contributed by atoms with Crippen molar-refractivity contribution in [1.82, 2.24) is 10.6 Å². The Hall–Kier alpha value is -1.91. The molecular weight excluding hydrogens is 271 g/mol. The first-order valence-corrected chi connectivity index (χ1v) is 7.33. The van der Waals surface area contributed by atoms with Crippen molar-refractivity contribution in [2.75, 3.05) is 13.1 Å². The van der Waals surface area contributed by atoms with Crippen molar-refractivity contribution < 1.29 is 14.0 Å². The second-order valence-corrected chi connectivity index (χ2v) is 5.53. The minimum absolute atomic E-state index is 0.0306. The molecule has 1 aromatic rings. The summed E-state index contributed by atoms with van der Waals surface area (Å²) < 4.78 is 13.1. The van der Waals surface area contributed by atoms with Gasteiger partial charge in [-0.05, 0) is 30.5 Å². The SMILES string of the molecule is CC(=O)NCCNC(=O)C1(c2ccc(F)cc2)CCCC1. The van der Waals surface area contributed by atoms with E-state index in [0.29, 0.717) is 13.1 Å². The van der Waals surface area contributed by atoms with Gasteiger partial charge in [-0.2, -0.15) is 0 Å². The van der Waals surface area contributed by atoms with Crippen LogP contribution in [0.1, 0.15) is 38.2 Å². The number of carbonyl (C=O) groups excluding carboxylic acids is 2. The molecule has 0 unspecified atom stereocenters. The van der Waals surface area contributed by atoms with Crippen LogP contribution >= 0.6 is 0 Å². The fraction of sp³-hybridized carbons (Fsp3) is 0.500. The summed E-state index contributed by atoms with van der Waals surface area (Å²) in [6.45, 7) is 2.26. The summed E-state index contributed by atoms with van der Waals surface area (Å²) in [5.74, 6) is -0.437. The summed E-state index contributed by atoms with van der Waals surface area (Å²) in [7, 11) is 0. The van der Waals surface area contributed by atoms with Crippen LogP contribution in [0.25, 0.3) is 0 Å². The lowest BCUT2D eigenvalue weighted by atomic mass is 9.78. The van der Waals surface area contributed by atoms with E-state index < -0.39 is 5.41 Å². The van der Waals surface area contributed by atoms with Crippen molar-refractivity contribution in [2.24, 2.45) is 0 Å². The molecule has 1 aliphatic carbocycles. The minimum atomic E-state index is -0.552. The van der Waals surface area contributed by atoms with Crippen LogP contribution in [-0.4, -0.2) is 24.9 Å². The Kier molecular flexibility index (Phi) is 4.94. The Bertz CT molecular complexity index is 508. The van der Waals surface area contributed by atoms with Crippen LogP contribution in [0.4, 0.5) is 4.39 Å². The Morgan fingerprint density at radius 3 is 2.24 bits per heavy atom. The number of benzene rings is 1. The molecule has 0 bridgehead atoms. The van der Waals surface area contributed by atoms with Gasteiger partial charge in [-0.25, -0.2) is 4.39 Å². The highest BCUT2D eigenvalue weighted by atomic mass is 19.1. The van der Waals surface area contributed by atoms with Gasteiger partial charge < -0.3 is 10.6 Å². The van der Waals surface area contributed by atoms with Gasteiger partial charge in [-0.1, -0.05) is 25.0 Å². The standard InChI is InChI=1S/C16H21FN2O2/c1-12(20)18-10-11-19-15(21)16(8-2-3-9-16)13-4-6-14(17)7-5-13/h4-7H,2-3,8-11H2,1H3,(H,18,20)(H,19,21). The molecule has 21 heavy (non-hydrogen) atoms. The Balaban J connectivity index is 2.05. The second kappa shape index (κ2) is 6.70. The van der Waals surface area contributed by atoms with Crippen molar-refractivity contribution in [3.63, 3.8) is 0 Å². The number of hydrogen-bond donors (Lipinski definition) is 2. The van der Waals surface area contributed by atoms with Crippen molar-refractivity contribution in [3.05, 3.63) is 35.6 Å². The van der Waals surface area contributed by atoms with Crippen LogP contribution in [-0.2, 0) is 15.0 Å². The fourth-order valence-electron chi connectivity index (χ4n) is 2.98. The van der Waals surface area contributed by atoms with Crippen molar-refractivity contribution in [3.8, 4) is 0 Å². The molecule has 0 heterocycles. The average molecular weight is 292 g/mol. The summed E-state index contributed by atoms with van der Waals surface area (Å²) in [5, 5.41) is 5.53. The van der Waals surface area contributed by atoms with Crippen molar-refractivity contribution in [1.29, 1.82) is 0 Å². The number of hydrogen-bond acceptors (Lipinski definition) is 2. The number of carbonyl (C=O) groups is 2. The molecule has 0 spiro atoms. The molecule has 1 fully saturated rings. The first-order valence-electron chi connectivity index (χ1n) is 7.33. The third-order valence-corrected chi connectivity index (χ3v) is 4.07. The van der Waals surface area contributed by atoms with E-state index in [1.165, 1.54) is 19.1 Å². The lowest BCUT2D eigenvalue weighted by Crippen LogP contribution is -2.45. The van der Waals surface area contributed by atoms with E-state index in [-0.39, 0.29) is 17.6 Å². The van der Waals surface area contributed by atoms with E-state index in [1.807, 2.05) is 0 Å². The van der Waals surface area contributed by atoms with Crippen LogP contribution < -0.4 is 10.6 Å². The molecule has 1 saturated carbocycles. The lowest BCUT2D eigenvalue weighted by molar-refractivity contribution is -0.127. The maximum Gasteiger partial charge on any atom is 0.230 e. The topological polar surface area (TPSA) is 58.2 Å². The van der Waals surface area contributed by atoms with Crippen LogP contribution in [0, 0.1) is 5.82 Å². The number of nitrogens with one attached hydrogen (secondary N) is 2. The maximum absolute atomic E-state index is 13.1. The van der Waals surface area contributed by atoms with E-state index in [9.17, 15) is 14.0 Å². The van der Waals surface area contributed by atoms with E-state index in [4.69, 9.17) is 0 Å². The summed E-state index contributed by atoms with van der Waals surface area (Å²) in [6.07, 6.45) is 3.56. The van der Waals surface area contributed by atoms with Crippen LogP contribution in [0.15, 0.2) is 24.3 Å². The Morgan fingerprint density at radius 1 is 1.10 bits per heavy atom. The molecule has 5 heteroatoms. The van der Waals surface area contributed by atoms with Gasteiger partial charge in [0, 0.05) is 20.0 Å². The summed E-state index contributed by atoms with van der Waals surface area (Å²) in [4.78, 5) is 23.4. The zero-order chi connectivity index (χ0) is 15.3. The molecule has 1 aliphatic rings. The van der Waals surface area contributed by atoms with Gasteiger partial charge in [0.25, 0.3) is 0 Å². The van der Waals surface area contributed by atoms with Crippen LogP contribution in [0.5, 0.6) is 0 Å². The second-order valence-electron chi connectivity index (χ2n) is 5.53. The maximum atomic E-state index is 13.1. The van der Waals surface area contributed by atoms with Gasteiger partial charge in [0.15, 0.2) is 0 Å². The normalized spacial score (nSPS) is 16.5. The van der Waals surface area contributed by atoms with Gasteiger partial charge >= 0.3 is 0 Å². The predicted molar refractivity (Wildman–Crippen MR) is 78.2 cm³/mol. The van der Waals surface area contributed by atoms with E-state index in [2.05, 4.69) is 10.6 Å². The third kappa shape index (κ3) is 3.60. The Morgan fingerprint density at radius 2 is 1.67 bits per heavy atom. The third-order valence-electron chi connectivity index (χ3n) is 4.07. The largest absolute Gasteiger partial charge is 0.355 e. The van der Waals surface area contributed by atoms with E-state index >= 15 is 0 Å². The highest BCUT2D eigenvalue weighted by molar-refractivity contribution is 5.88. The quantitative estimate of drug-likeness (QED) is 0.814. The molecule has 1 aromatic carbocycles. The van der Waals surface area contributed by atoms with Crippen LogP contribution in [0.3, 0.4) is 0 Å². The number of rotatable bonds is 5. The zero-order valence-corrected chi connectivity index (χ0v) is 12.2. The number of halogens is 1. The summed E-state index contributed by atoms with van der Waals surface area (Å²) in [6, 6.07) is 6.21. The average Bonchev–Trinajstić information content (AvgIpc) is 2.94. The van der Waals surface area contributed by atoms with E-state index in [1.54, 1.807) is 12.1 Å². The molecule has 4 nitrogen and oxygen atoms in total. The highest BCUT2D eigenvalue weighted by Crippen LogP contribution is 2.41. The molecule has 2 N–H and O–H groups in total. The first kappa shape index (κ1) is 15.5. The molecule has 2 amide bonds. The van der Waals surface area contributed by atoms with Crippen molar-refractivity contribution >= 4 is 11.8 Å². The van der Waals surface area contributed by atoms with Gasteiger partial charge in [-0.3, -0.25) is 9.59 Å². The smallest absolute Gasteiger partial charge is 0.230 e. The monoisotopic (exact) mass is 292 g/mol. The Labute approximate surface area is 124 Å². The fourth-order valence-corrected chi connectivity index (χ4v) is 2.98.